The molecule has 5 nitrogen and oxygen atoms in total. The normalized spacial score (nSPS) is 17.4. The van der Waals surface area contributed by atoms with Gasteiger partial charge < -0.3 is 19.7 Å². The van der Waals surface area contributed by atoms with Gasteiger partial charge in [-0.2, -0.15) is 13.2 Å². The number of nitrogens with one attached hydrogen (secondary N) is 1. The first-order valence-electron chi connectivity index (χ1n) is 9.47. The van der Waals surface area contributed by atoms with Crippen LogP contribution in [0.15, 0.2) is 36.4 Å². The van der Waals surface area contributed by atoms with Crippen LogP contribution in [0.25, 0.3) is 0 Å². The molecule has 8 heteroatoms. The van der Waals surface area contributed by atoms with Gasteiger partial charge in [-0.05, 0) is 56.2 Å². The highest BCUT2D eigenvalue weighted by Crippen LogP contribution is 2.39. The average molecular weight is 406 g/mol. The number of nitrogens with zero attached hydrogens (tertiary/aromatic N) is 1. The first kappa shape index (κ1) is 19.4. The third kappa shape index (κ3) is 4.11. The average Bonchev–Trinajstić information content (AvgIpc) is 2.70. The minimum absolute atomic E-state index is 0.0307. The summed E-state index contributed by atoms with van der Waals surface area (Å²) in [5.74, 6) is 0.410. The molecule has 0 bridgehead atoms. The zero-order valence-corrected chi connectivity index (χ0v) is 15.9. The molecule has 0 unspecified atom stereocenters. The highest BCUT2D eigenvalue weighted by Gasteiger charge is 2.41. The van der Waals surface area contributed by atoms with Gasteiger partial charge in [0.2, 0.25) is 0 Å². The van der Waals surface area contributed by atoms with Crippen LogP contribution in [0.2, 0.25) is 0 Å². The van der Waals surface area contributed by atoms with Gasteiger partial charge in [0.15, 0.2) is 6.61 Å². The second-order valence-electron chi connectivity index (χ2n) is 7.30. The summed E-state index contributed by atoms with van der Waals surface area (Å²) in [7, 11) is 0. The number of rotatable bonds is 3. The van der Waals surface area contributed by atoms with E-state index in [0.29, 0.717) is 36.0 Å². The Labute approximate surface area is 166 Å². The molecule has 2 aliphatic heterocycles. The second-order valence-corrected chi connectivity index (χ2v) is 7.30. The lowest BCUT2D eigenvalue weighted by Crippen LogP contribution is -2.38. The van der Waals surface area contributed by atoms with Crippen LogP contribution in [0.1, 0.15) is 18.4 Å². The molecule has 1 N–H and O–H groups in total. The summed E-state index contributed by atoms with van der Waals surface area (Å²) in [4.78, 5) is 13.4. The Morgan fingerprint density at radius 3 is 2.45 bits per heavy atom. The number of piperidine rings is 1. The number of hydrogen-bond acceptors (Lipinski definition) is 4. The van der Waals surface area contributed by atoms with Gasteiger partial charge in [0.25, 0.3) is 5.91 Å². The first-order valence-corrected chi connectivity index (χ1v) is 9.47. The Hall–Kier alpha value is -2.90. The molecule has 0 aromatic heterocycles. The Bertz CT molecular complexity index is 905. The molecule has 2 heterocycles. The monoisotopic (exact) mass is 406 g/mol. The molecule has 2 aliphatic rings. The largest absolute Gasteiger partial charge is 0.481 e. The molecule has 2 aromatic carbocycles. The lowest BCUT2D eigenvalue weighted by molar-refractivity contribution is -0.179. The maximum Gasteiger partial charge on any atom is 0.391 e. The molecule has 1 amide bonds. The van der Waals surface area contributed by atoms with Crippen molar-refractivity contribution in [3.05, 3.63) is 42.0 Å². The summed E-state index contributed by atoms with van der Waals surface area (Å²) in [6, 6.07) is 10.8. The van der Waals surface area contributed by atoms with Crippen molar-refractivity contribution in [2.75, 3.05) is 29.9 Å². The minimum atomic E-state index is -4.11. The molecule has 1 saturated heterocycles. The van der Waals surface area contributed by atoms with Crippen LogP contribution < -0.4 is 19.7 Å². The lowest BCUT2D eigenvalue weighted by Gasteiger charge is -2.34. The zero-order chi connectivity index (χ0) is 20.6. The third-order valence-electron chi connectivity index (χ3n) is 5.37. The minimum Gasteiger partial charge on any atom is -0.481 e. The van der Waals surface area contributed by atoms with Gasteiger partial charge >= 0.3 is 6.18 Å². The fraction of sp³-hybridized carbons (Fsp3) is 0.381. The van der Waals surface area contributed by atoms with Gasteiger partial charge in [-0.3, -0.25) is 4.79 Å². The molecule has 0 aliphatic carbocycles. The van der Waals surface area contributed by atoms with Crippen LogP contribution in [0.5, 0.6) is 17.2 Å². The van der Waals surface area contributed by atoms with E-state index in [-0.39, 0.29) is 25.4 Å². The number of benzene rings is 2. The van der Waals surface area contributed by atoms with Crippen molar-refractivity contribution >= 4 is 17.3 Å². The predicted molar refractivity (Wildman–Crippen MR) is 103 cm³/mol. The van der Waals surface area contributed by atoms with Crippen LogP contribution >= 0.6 is 0 Å². The number of carbonyl (C=O) groups excluding carboxylic acids is 1. The van der Waals surface area contributed by atoms with Crippen molar-refractivity contribution in [1.82, 2.24) is 0 Å². The zero-order valence-electron chi connectivity index (χ0n) is 15.9. The molecule has 1 fully saturated rings. The number of carbonyl (C=O) groups is 1. The molecule has 0 spiro atoms. The summed E-state index contributed by atoms with van der Waals surface area (Å²) in [5.41, 5.74) is 2.27. The van der Waals surface area contributed by atoms with E-state index in [1.165, 1.54) is 0 Å². The van der Waals surface area contributed by atoms with Gasteiger partial charge in [-0.1, -0.05) is 0 Å². The summed E-state index contributed by atoms with van der Waals surface area (Å²) >= 11 is 0. The van der Waals surface area contributed by atoms with Crippen LogP contribution in [-0.2, 0) is 4.79 Å². The fourth-order valence-electron chi connectivity index (χ4n) is 3.71. The maximum atomic E-state index is 12.8. The summed E-state index contributed by atoms with van der Waals surface area (Å²) in [5, 5.41) is 2.75. The lowest BCUT2D eigenvalue weighted by atomic mass is 9.96. The smallest absolute Gasteiger partial charge is 0.391 e. The number of halogens is 3. The Morgan fingerprint density at radius 1 is 1.10 bits per heavy atom. The molecular formula is C21H21F3N2O3. The molecule has 0 atom stereocenters. The maximum absolute atomic E-state index is 12.8. The molecule has 0 radical (unpaired) electrons. The third-order valence-corrected chi connectivity index (χ3v) is 5.37. The first-order chi connectivity index (χ1) is 13.8. The number of fused-ring (bicyclic) bond motifs is 1. The van der Waals surface area contributed by atoms with Crippen LogP contribution in [0.3, 0.4) is 0 Å². The number of amides is 1. The van der Waals surface area contributed by atoms with Crippen molar-refractivity contribution in [3.63, 3.8) is 0 Å². The van der Waals surface area contributed by atoms with E-state index < -0.39 is 12.1 Å². The van der Waals surface area contributed by atoms with Crippen LogP contribution in [0, 0.1) is 12.8 Å². The Morgan fingerprint density at radius 2 is 1.79 bits per heavy atom. The fourth-order valence-corrected chi connectivity index (χ4v) is 3.71. The second kappa shape index (κ2) is 7.50. The van der Waals surface area contributed by atoms with E-state index in [0.717, 1.165) is 11.3 Å². The molecule has 2 aromatic rings. The standard InChI is InChI=1S/C21H21F3N2O3/c1-13-18(7-6-17-20(13)28-12-19(27)25-17)29-16-4-2-15(3-5-16)26-10-8-14(9-11-26)21(22,23)24/h2-7,14H,8-12H2,1H3,(H,25,27). The number of anilines is 2. The van der Waals surface area contributed by atoms with E-state index in [2.05, 4.69) is 5.32 Å². The van der Waals surface area contributed by atoms with Crippen molar-refractivity contribution in [2.24, 2.45) is 5.92 Å². The molecule has 29 heavy (non-hydrogen) atoms. The Kier molecular flexibility index (Phi) is 5.02. The number of hydrogen-bond donors (Lipinski definition) is 1. The van der Waals surface area contributed by atoms with Crippen LogP contribution in [0.4, 0.5) is 24.5 Å². The van der Waals surface area contributed by atoms with Gasteiger partial charge in [-0.25, -0.2) is 0 Å². The molecule has 154 valence electrons. The van der Waals surface area contributed by atoms with Gasteiger partial charge in [0.1, 0.15) is 17.2 Å². The SMILES string of the molecule is Cc1c(Oc2ccc(N3CCC(C(F)(F)F)CC3)cc2)ccc2c1OCC(=O)N2. The van der Waals surface area contributed by atoms with E-state index in [1.807, 2.05) is 24.0 Å². The number of alkyl halides is 3. The quantitative estimate of drug-likeness (QED) is 0.788. The van der Waals surface area contributed by atoms with Crippen LogP contribution in [-0.4, -0.2) is 31.8 Å². The molecule has 4 rings (SSSR count). The summed E-state index contributed by atoms with van der Waals surface area (Å²) in [6.45, 7) is 2.59. The van der Waals surface area contributed by atoms with E-state index in [9.17, 15) is 18.0 Å². The van der Waals surface area contributed by atoms with Crippen molar-refractivity contribution in [3.8, 4) is 17.2 Å². The van der Waals surface area contributed by atoms with Crippen molar-refractivity contribution in [2.45, 2.75) is 25.9 Å². The van der Waals surface area contributed by atoms with E-state index >= 15 is 0 Å². The highest BCUT2D eigenvalue weighted by molar-refractivity contribution is 5.96. The Balaban J connectivity index is 1.42. The molecular weight excluding hydrogens is 385 g/mol. The van der Waals surface area contributed by atoms with E-state index in [1.54, 1.807) is 24.3 Å². The van der Waals surface area contributed by atoms with E-state index in [4.69, 9.17) is 9.47 Å². The van der Waals surface area contributed by atoms with Gasteiger partial charge in [-0.15, -0.1) is 0 Å². The number of ether oxygens (including phenoxy) is 2. The topological polar surface area (TPSA) is 50.8 Å². The summed E-state index contributed by atoms with van der Waals surface area (Å²) < 4.78 is 49.9. The highest BCUT2D eigenvalue weighted by atomic mass is 19.4. The van der Waals surface area contributed by atoms with Crippen molar-refractivity contribution in [1.29, 1.82) is 0 Å². The van der Waals surface area contributed by atoms with Gasteiger partial charge in [0.05, 0.1) is 11.6 Å². The predicted octanol–water partition coefficient (Wildman–Crippen LogP) is 4.90. The molecule has 0 saturated carbocycles. The van der Waals surface area contributed by atoms with Crippen molar-refractivity contribution < 1.29 is 27.4 Å². The van der Waals surface area contributed by atoms with Gasteiger partial charge in [0, 0.05) is 24.3 Å². The summed E-state index contributed by atoms with van der Waals surface area (Å²) in [6.07, 6.45) is -3.87.